The second-order valence-electron chi connectivity index (χ2n) is 20.9. The number of morpholine rings is 1. The molecule has 4 amide bonds. The Balaban J connectivity index is 1.19. The number of aromatic nitrogens is 3. The Kier molecular flexibility index (Phi) is 18.2. The highest BCUT2D eigenvalue weighted by Crippen LogP contribution is 2.43. The topological polar surface area (TPSA) is 205 Å². The molecule has 3 fully saturated rings. The molecule has 2 aromatic carbocycles. The van der Waals surface area contributed by atoms with E-state index in [1.165, 1.54) is 18.2 Å². The zero-order valence-electron chi connectivity index (χ0n) is 44.3. The van der Waals surface area contributed by atoms with Crippen LogP contribution in [-0.2, 0) is 36.8 Å². The molecule has 0 radical (unpaired) electrons. The molecular formula is C53H62F8N10O8. The Morgan fingerprint density at radius 3 is 2.00 bits per heavy atom. The number of carbonyl (C=O) groups excluding carboxylic acids is 4. The molecule has 1 saturated carbocycles. The number of piperazine rings is 1. The third kappa shape index (κ3) is 14.2. The zero-order chi connectivity index (χ0) is 57.8. The van der Waals surface area contributed by atoms with Crippen molar-refractivity contribution in [2.24, 2.45) is 10.8 Å². The number of rotatable bonds is 18. The summed E-state index contributed by atoms with van der Waals surface area (Å²) < 4.78 is 136. The van der Waals surface area contributed by atoms with Crippen molar-refractivity contribution in [1.82, 2.24) is 46.0 Å². The second-order valence-corrected chi connectivity index (χ2v) is 20.9. The van der Waals surface area contributed by atoms with Crippen LogP contribution in [0.5, 0.6) is 0 Å². The van der Waals surface area contributed by atoms with Crippen molar-refractivity contribution >= 4 is 29.8 Å². The summed E-state index contributed by atoms with van der Waals surface area (Å²) in [5.74, 6) is 1.21. The average molecular weight is 1120 g/mol. The molecule has 1 aliphatic carbocycles. The van der Waals surface area contributed by atoms with Gasteiger partial charge in [0, 0.05) is 67.9 Å². The highest BCUT2D eigenvalue weighted by molar-refractivity contribution is 5.87. The molecule has 7 rings (SSSR count). The van der Waals surface area contributed by atoms with Gasteiger partial charge in [0.1, 0.15) is 28.9 Å². The Morgan fingerprint density at radius 2 is 1.44 bits per heavy atom. The van der Waals surface area contributed by atoms with E-state index in [9.17, 15) is 50.6 Å². The Bertz CT molecular complexity index is 2850. The zero-order valence-corrected chi connectivity index (χ0v) is 44.3. The fourth-order valence-corrected chi connectivity index (χ4v) is 8.93. The number of halogens is 8. The standard InChI is InChI=1S/C53H62F8N10O8/c1-50(2,52(56,57)58)44(65-49(76)77-7)46(73)64-41(20-31-11-8-30(9-12-31)10-13-32-14-17-43(63-23-32)69-24-35-28-78-29-36(25-69)68(35)6)42(72)27-70(67-47(74)45(79-48(75)62-5)51(3,4)53(59,60)61)26-37-38(54)21-33(22-39(37)55)40-18-19-71(66-40)34-15-16-34/h8-9,11-12,14,17-19,21-23,34-36,41-42,44-45,72H,15-16,20,24-29H2,1-7H3,(H,62,75)(H,64,73)(H,65,76)(H,67,74)/t35-,36-,41-,42-,44+,45+/m0/s1. The molecule has 26 heteroatoms. The molecule has 3 aliphatic rings. The number of fused-ring (bicyclic) bond motifs is 2. The van der Waals surface area contributed by atoms with E-state index in [4.69, 9.17) is 9.47 Å². The van der Waals surface area contributed by atoms with Crippen molar-refractivity contribution in [3.63, 3.8) is 0 Å². The van der Waals surface area contributed by atoms with Crippen LogP contribution in [-0.4, -0.2) is 157 Å². The molecule has 2 aliphatic heterocycles. The van der Waals surface area contributed by atoms with Crippen LogP contribution >= 0.6 is 0 Å². The number of amides is 4. The number of aliphatic hydroxyl groups is 1. The quantitative estimate of drug-likeness (QED) is 0.0440. The Morgan fingerprint density at radius 1 is 0.835 bits per heavy atom. The summed E-state index contributed by atoms with van der Waals surface area (Å²) in [7, 11) is 3.94. The maximum atomic E-state index is 16.2. The highest BCUT2D eigenvalue weighted by atomic mass is 19.4. The third-order valence-electron chi connectivity index (χ3n) is 14.5. The molecule has 6 atom stereocenters. The number of hydrogen-bond donors (Lipinski definition) is 5. The van der Waals surface area contributed by atoms with Crippen LogP contribution in [0.3, 0.4) is 0 Å². The van der Waals surface area contributed by atoms with Crippen molar-refractivity contribution < 1.29 is 73.6 Å². The van der Waals surface area contributed by atoms with Gasteiger partial charge >= 0.3 is 24.5 Å². The van der Waals surface area contributed by atoms with E-state index >= 15 is 8.78 Å². The number of hydrogen-bond acceptors (Lipinski definition) is 13. The molecule has 4 heterocycles. The molecule has 428 valence electrons. The number of benzene rings is 2. The van der Waals surface area contributed by atoms with E-state index in [1.54, 1.807) is 29.2 Å². The van der Waals surface area contributed by atoms with E-state index in [0.29, 0.717) is 62.6 Å². The van der Waals surface area contributed by atoms with Crippen LogP contribution in [0.2, 0.25) is 0 Å². The fourth-order valence-electron chi connectivity index (χ4n) is 8.93. The minimum absolute atomic E-state index is 0.00179. The lowest BCUT2D eigenvalue weighted by Gasteiger charge is -2.48. The molecule has 4 aromatic rings. The SMILES string of the molecule is CNC(=O)O[C@H](C(=O)NN(Cc1c(F)cc(-c2ccn(C3CC3)n2)cc1F)C[C@H](O)[C@H](Cc1ccc(C#Cc2ccc(N3C[C@H]4COC[C@H](C3)N4C)nc2)cc1)NC(=O)[C@@H](NC(=O)OC)C(C)(C)C(F)(F)F)C(C)(C)C(F)(F)F. The molecule has 79 heavy (non-hydrogen) atoms. The number of nitrogens with zero attached hydrogens (tertiary/aromatic N) is 6. The summed E-state index contributed by atoms with van der Waals surface area (Å²) in [4.78, 5) is 62.1. The average Bonchev–Trinajstić information content (AvgIpc) is 4.12. The molecular weight excluding hydrogens is 1060 g/mol. The minimum Gasteiger partial charge on any atom is -0.453 e. The van der Waals surface area contributed by atoms with Crippen molar-refractivity contribution in [3.8, 4) is 23.1 Å². The first-order valence-electron chi connectivity index (χ1n) is 25.1. The number of pyridine rings is 1. The number of nitrogens with one attached hydrogen (secondary N) is 4. The van der Waals surface area contributed by atoms with Gasteiger partial charge in [0.15, 0.2) is 6.10 Å². The fraction of sp³-hybridized carbons (Fsp3) is 0.509. The largest absolute Gasteiger partial charge is 0.453 e. The van der Waals surface area contributed by atoms with Gasteiger partial charge in [-0.3, -0.25) is 24.6 Å². The number of alkyl carbamates (subject to hydrolysis) is 2. The van der Waals surface area contributed by atoms with Crippen molar-refractivity contribution in [3.05, 3.63) is 101 Å². The van der Waals surface area contributed by atoms with Gasteiger partial charge in [0.2, 0.25) is 5.91 Å². The molecule has 0 unspecified atom stereocenters. The van der Waals surface area contributed by atoms with Gasteiger partial charge in [-0.1, -0.05) is 24.0 Å². The van der Waals surface area contributed by atoms with Crippen LogP contribution in [0.4, 0.5) is 50.5 Å². The number of likely N-dealkylation sites (N-methyl/N-ethyl adjacent to an activating group) is 1. The third-order valence-corrected chi connectivity index (χ3v) is 14.5. The van der Waals surface area contributed by atoms with Gasteiger partial charge in [-0.2, -0.15) is 31.4 Å². The van der Waals surface area contributed by atoms with Crippen molar-refractivity contribution in [1.29, 1.82) is 0 Å². The first-order valence-corrected chi connectivity index (χ1v) is 25.1. The predicted octanol–water partition coefficient (Wildman–Crippen LogP) is 6.03. The van der Waals surface area contributed by atoms with E-state index in [0.717, 1.165) is 58.0 Å². The summed E-state index contributed by atoms with van der Waals surface area (Å²) >= 11 is 0. The van der Waals surface area contributed by atoms with E-state index < -0.39 is 108 Å². The molecule has 2 saturated heterocycles. The molecule has 0 spiro atoms. The van der Waals surface area contributed by atoms with Gasteiger partial charge in [0.05, 0.1) is 61.7 Å². The number of hydrazine groups is 1. The molecule has 18 nitrogen and oxygen atoms in total. The van der Waals surface area contributed by atoms with Crippen molar-refractivity contribution in [2.75, 3.05) is 59.0 Å². The highest BCUT2D eigenvalue weighted by Gasteiger charge is 2.58. The summed E-state index contributed by atoms with van der Waals surface area (Å²) in [5.41, 5.74) is -3.25. The lowest BCUT2D eigenvalue weighted by molar-refractivity contribution is -0.239. The van der Waals surface area contributed by atoms with Crippen LogP contribution in [0, 0.1) is 34.3 Å². The van der Waals surface area contributed by atoms with Crippen LogP contribution in [0.1, 0.15) is 68.8 Å². The van der Waals surface area contributed by atoms with Gasteiger partial charge in [-0.15, -0.1) is 0 Å². The number of methoxy groups -OCH3 is 1. The predicted molar refractivity (Wildman–Crippen MR) is 269 cm³/mol. The maximum Gasteiger partial charge on any atom is 0.407 e. The van der Waals surface area contributed by atoms with E-state index in [2.05, 4.69) is 54.3 Å². The Hall–Kier alpha value is -7.08. The number of aliphatic hydroxyl groups excluding tert-OH is 1. The second kappa shape index (κ2) is 24.1. The monoisotopic (exact) mass is 1120 g/mol. The van der Waals surface area contributed by atoms with Gasteiger partial charge in [-0.05, 0) is 102 Å². The lowest BCUT2D eigenvalue weighted by Crippen LogP contribution is -2.63. The van der Waals surface area contributed by atoms with Gasteiger partial charge in [-0.25, -0.2) is 28.4 Å². The number of anilines is 1. The summed E-state index contributed by atoms with van der Waals surface area (Å²) in [5, 5.41) is 23.3. The van der Waals surface area contributed by atoms with Crippen LogP contribution < -0.4 is 26.3 Å². The van der Waals surface area contributed by atoms with Crippen molar-refractivity contribution in [2.45, 2.75) is 108 Å². The first-order chi connectivity index (χ1) is 37.1. The summed E-state index contributed by atoms with van der Waals surface area (Å²) in [6.07, 6.45) is -13.5. The van der Waals surface area contributed by atoms with Gasteiger partial charge in [0.25, 0.3) is 5.91 Å². The first kappa shape index (κ1) is 59.6. The minimum atomic E-state index is -5.22. The molecule has 2 aromatic heterocycles. The number of ether oxygens (including phenoxy) is 3. The molecule has 2 bridgehead atoms. The Labute approximate surface area is 450 Å². The number of carbonyl (C=O) groups is 4. The van der Waals surface area contributed by atoms with E-state index in [1.807, 2.05) is 22.8 Å². The lowest BCUT2D eigenvalue weighted by atomic mass is 9.82. The summed E-state index contributed by atoms with van der Waals surface area (Å²) in [6.45, 7) is 3.01. The number of alkyl halides is 6. The van der Waals surface area contributed by atoms with E-state index in [-0.39, 0.29) is 29.4 Å². The summed E-state index contributed by atoms with van der Waals surface area (Å²) in [6, 6.07) is 9.72. The van der Waals surface area contributed by atoms with Crippen LogP contribution in [0.15, 0.2) is 67.0 Å². The van der Waals surface area contributed by atoms with Crippen LogP contribution in [0.25, 0.3) is 11.3 Å². The smallest absolute Gasteiger partial charge is 0.407 e. The molecule has 5 N–H and O–H groups in total. The maximum absolute atomic E-state index is 16.2. The van der Waals surface area contributed by atoms with Gasteiger partial charge < -0.3 is 40.2 Å². The normalized spacial score (nSPS) is 18.6.